The normalized spacial score (nSPS) is 14.0. The van der Waals surface area contributed by atoms with E-state index >= 15 is 0 Å². The minimum atomic E-state index is -3.66. The first-order valence-electron chi connectivity index (χ1n) is 6.26. The maximum absolute atomic E-state index is 12.5. The molecule has 0 amide bonds. The molecule has 0 saturated heterocycles. The van der Waals surface area contributed by atoms with Crippen molar-refractivity contribution in [1.29, 1.82) is 0 Å². The van der Waals surface area contributed by atoms with Gasteiger partial charge in [0.05, 0.1) is 15.6 Å². The van der Waals surface area contributed by atoms with E-state index in [2.05, 4.69) is 26.0 Å². The maximum atomic E-state index is 12.5. The summed E-state index contributed by atoms with van der Waals surface area (Å²) in [5.74, 6) is 0. The number of benzene rings is 2. The van der Waals surface area contributed by atoms with Crippen molar-refractivity contribution in [2.45, 2.75) is 18.0 Å². The van der Waals surface area contributed by atoms with E-state index in [1.165, 1.54) is 0 Å². The second-order valence-electron chi connectivity index (χ2n) is 4.76. The van der Waals surface area contributed by atoms with Crippen molar-refractivity contribution in [3.8, 4) is 0 Å². The van der Waals surface area contributed by atoms with Gasteiger partial charge in [-0.25, -0.2) is 8.42 Å². The minimum Gasteiger partial charge on any atom is -0.309 e. The van der Waals surface area contributed by atoms with Gasteiger partial charge in [0.25, 0.3) is 10.0 Å². The van der Waals surface area contributed by atoms with Gasteiger partial charge < -0.3 is 5.32 Å². The van der Waals surface area contributed by atoms with Gasteiger partial charge in [-0.05, 0) is 41.5 Å². The van der Waals surface area contributed by atoms with Crippen molar-refractivity contribution in [2.24, 2.45) is 0 Å². The fraction of sp³-hybridized carbons (Fsp3) is 0.143. The molecule has 0 bridgehead atoms. The number of rotatable bonds is 3. The Bertz CT molecular complexity index is 809. The minimum absolute atomic E-state index is 0.237. The highest BCUT2D eigenvalue weighted by Crippen LogP contribution is 2.28. The quantitative estimate of drug-likeness (QED) is 0.847. The van der Waals surface area contributed by atoms with Crippen LogP contribution in [0.2, 0.25) is 5.02 Å². The van der Waals surface area contributed by atoms with Crippen LogP contribution in [0.15, 0.2) is 45.8 Å². The molecule has 4 nitrogen and oxygen atoms in total. The van der Waals surface area contributed by atoms with Crippen LogP contribution in [0.1, 0.15) is 11.1 Å². The Labute approximate surface area is 136 Å². The van der Waals surface area contributed by atoms with Gasteiger partial charge in [-0.2, -0.15) is 0 Å². The van der Waals surface area contributed by atoms with Crippen molar-refractivity contribution in [2.75, 3.05) is 4.72 Å². The third-order valence-corrected chi connectivity index (χ3v) is 5.48. The number of sulfonamides is 1. The standard InChI is InChI=1S/C14H12BrClN2O2S/c15-11-2-4-13(16)14(6-11)18-21(19,20)12-3-1-9-7-17-8-10(9)5-12/h1-6,17-18H,7-8H2. The van der Waals surface area contributed by atoms with E-state index in [1.54, 1.807) is 30.3 Å². The molecule has 0 atom stereocenters. The predicted octanol–water partition coefficient (Wildman–Crippen LogP) is 3.51. The van der Waals surface area contributed by atoms with E-state index < -0.39 is 10.0 Å². The maximum Gasteiger partial charge on any atom is 0.261 e. The molecule has 1 aliphatic heterocycles. The molecule has 0 saturated carbocycles. The first-order chi connectivity index (χ1) is 9.95. The van der Waals surface area contributed by atoms with Gasteiger partial charge in [-0.3, -0.25) is 4.72 Å². The monoisotopic (exact) mass is 386 g/mol. The van der Waals surface area contributed by atoms with Crippen LogP contribution in [0.3, 0.4) is 0 Å². The van der Waals surface area contributed by atoms with Crippen molar-refractivity contribution >= 4 is 43.2 Å². The van der Waals surface area contributed by atoms with Gasteiger partial charge in [0.1, 0.15) is 0 Å². The number of anilines is 1. The molecule has 0 aliphatic carbocycles. The Kier molecular flexibility index (Phi) is 3.96. The lowest BCUT2D eigenvalue weighted by atomic mass is 10.1. The Morgan fingerprint density at radius 3 is 2.67 bits per heavy atom. The summed E-state index contributed by atoms with van der Waals surface area (Å²) >= 11 is 9.32. The summed E-state index contributed by atoms with van der Waals surface area (Å²) in [6.07, 6.45) is 0. The van der Waals surface area contributed by atoms with E-state index in [1.807, 2.05) is 6.07 Å². The first kappa shape index (κ1) is 14.8. The zero-order valence-corrected chi connectivity index (χ0v) is 14.0. The average Bonchev–Trinajstić information content (AvgIpc) is 2.90. The largest absolute Gasteiger partial charge is 0.309 e. The van der Waals surface area contributed by atoms with E-state index in [4.69, 9.17) is 11.6 Å². The molecule has 1 heterocycles. The summed E-state index contributed by atoms with van der Waals surface area (Å²) in [6, 6.07) is 10.2. The molecule has 1 aliphatic rings. The molecule has 21 heavy (non-hydrogen) atoms. The second-order valence-corrected chi connectivity index (χ2v) is 7.77. The van der Waals surface area contributed by atoms with Gasteiger partial charge >= 0.3 is 0 Å². The van der Waals surface area contributed by atoms with E-state index in [-0.39, 0.29) is 4.90 Å². The average molecular weight is 388 g/mol. The Hall–Kier alpha value is -1.08. The van der Waals surface area contributed by atoms with Crippen molar-refractivity contribution in [3.63, 3.8) is 0 Å². The molecule has 0 fully saturated rings. The van der Waals surface area contributed by atoms with Crippen LogP contribution in [-0.4, -0.2) is 8.42 Å². The highest BCUT2D eigenvalue weighted by atomic mass is 79.9. The molecule has 0 spiro atoms. The third kappa shape index (κ3) is 3.08. The summed E-state index contributed by atoms with van der Waals surface area (Å²) in [6.45, 7) is 1.47. The number of hydrogen-bond acceptors (Lipinski definition) is 3. The number of nitrogens with one attached hydrogen (secondary N) is 2. The van der Waals surface area contributed by atoms with Gasteiger partial charge in [0, 0.05) is 17.6 Å². The molecular formula is C14H12BrClN2O2S. The molecule has 7 heteroatoms. The van der Waals surface area contributed by atoms with Crippen molar-refractivity contribution < 1.29 is 8.42 Å². The van der Waals surface area contributed by atoms with Crippen LogP contribution >= 0.6 is 27.5 Å². The summed E-state index contributed by atoms with van der Waals surface area (Å²) in [4.78, 5) is 0.237. The van der Waals surface area contributed by atoms with Crippen LogP contribution in [0.5, 0.6) is 0 Å². The van der Waals surface area contributed by atoms with Gasteiger partial charge in [0.2, 0.25) is 0 Å². The second kappa shape index (κ2) is 5.61. The number of fused-ring (bicyclic) bond motifs is 1. The van der Waals surface area contributed by atoms with Crippen LogP contribution in [-0.2, 0) is 23.1 Å². The van der Waals surface area contributed by atoms with E-state index in [9.17, 15) is 8.42 Å². The lowest BCUT2D eigenvalue weighted by Crippen LogP contribution is -2.13. The lowest BCUT2D eigenvalue weighted by molar-refractivity contribution is 0.601. The third-order valence-electron chi connectivity index (χ3n) is 3.29. The van der Waals surface area contributed by atoms with E-state index in [0.29, 0.717) is 17.3 Å². The summed E-state index contributed by atoms with van der Waals surface area (Å²) < 4.78 is 28.2. The fourth-order valence-corrected chi connectivity index (χ4v) is 3.92. The Morgan fingerprint density at radius 1 is 1.10 bits per heavy atom. The van der Waals surface area contributed by atoms with Gasteiger partial charge in [0.15, 0.2) is 0 Å². The smallest absolute Gasteiger partial charge is 0.261 e. The zero-order chi connectivity index (χ0) is 15.0. The highest BCUT2D eigenvalue weighted by Gasteiger charge is 2.19. The molecule has 2 aromatic rings. The summed E-state index contributed by atoms with van der Waals surface area (Å²) in [5, 5.41) is 3.54. The fourth-order valence-electron chi connectivity index (χ4n) is 2.22. The van der Waals surface area contributed by atoms with Crippen LogP contribution in [0.25, 0.3) is 0 Å². The molecule has 110 valence electrons. The van der Waals surface area contributed by atoms with E-state index in [0.717, 1.165) is 22.1 Å². The van der Waals surface area contributed by atoms with Gasteiger partial charge in [-0.1, -0.05) is 33.6 Å². The molecule has 0 radical (unpaired) electrons. The lowest BCUT2D eigenvalue weighted by Gasteiger charge is -2.11. The van der Waals surface area contributed by atoms with Crippen molar-refractivity contribution in [3.05, 3.63) is 57.0 Å². The van der Waals surface area contributed by atoms with Crippen LogP contribution in [0.4, 0.5) is 5.69 Å². The SMILES string of the molecule is O=S(=O)(Nc1cc(Br)ccc1Cl)c1ccc2c(c1)CNC2. The molecule has 0 unspecified atom stereocenters. The molecular weight excluding hydrogens is 376 g/mol. The molecule has 2 aromatic carbocycles. The first-order valence-corrected chi connectivity index (χ1v) is 8.91. The summed E-state index contributed by atoms with van der Waals surface area (Å²) in [5.41, 5.74) is 2.50. The topological polar surface area (TPSA) is 58.2 Å². The Balaban J connectivity index is 1.95. The zero-order valence-electron chi connectivity index (χ0n) is 10.9. The van der Waals surface area contributed by atoms with Crippen LogP contribution in [0, 0.1) is 0 Å². The number of hydrogen-bond donors (Lipinski definition) is 2. The summed E-state index contributed by atoms with van der Waals surface area (Å²) in [7, 11) is -3.66. The molecule has 3 rings (SSSR count). The highest BCUT2D eigenvalue weighted by molar-refractivity contribution is 9.10. The number of halogens is 2. The van der Waals surface area contributed by atoms with Gasteiger partial charge in [-0.15, -0.1) is 0 Å². The molecule has 2 N–H and O–H groups in total. The van der Waals surface area contributed by atoms with Crippen molar-refractivity contribution in [1.82, 2.24) is 5.32 Å². The molecule has 0 aromatic heterocycles. The van der Waals surface area contributed by atoms with Crippen LogP contribution < -0.4 is 10.0 Å². The Morgan fingerprint density at radius 2 is 1.86 bits per heavy atom. The predicted molar refractivity (Wildman–Crippen MR) is 86.9 cm³/mol.